The number of pyridine rings is 1. The van der Waals surface area contributed by atoms with Gasteiger partial charge in [0.25, 0.3) is 0 Å². The summed E-state index contributed by atoms with van der Waals surface area (Å²) in [7, 11) is 1.82. The van der Waals surface area contributed by atoms with Crippen LogP contribution in [0.3, 0.4) is 0 Å². The maximum atomic E-state index is 12.8. The molecule has 0 aliphatic rings. The number of hydrogen-bond acceptors (Lipinski definition) is 4. The van der Waals surface area contributed by atoms with Gasteiger partial charge in [-0.25, -0.2) is 4.98 Å². The Balaban J connectivity index is 1.79. The molecule has 144 valence electrons. The van der Waals surface area contributed by atoms with Crippen molar-refractivity contribution >= 4 is 38.3 Å². The zero-order valence-corrected chi connectivity index (χ0v) is 16.0. The Hall–Kier alpha value is -2.88. The number of fused-ring (bicyclic) bond motifs is 2. The SMILES string of the molecule is Cn1cc2cc(-c3cn4ccc(NCC(F)(F)F)nc4c(Br)c3=O)ccc2n1. The first kappa shape index (κ1) is 18.5. The highest BCUT2D eigenvalue weighted by Gasteiger charge is 2.26. The quantitative estimate of drug-likeness (QED) is 0.511. The Kier molecular flexibility index (Phi) is 4.37. The average molecular weight is 452 g/mol. The molecule has 1 N–H and O–H groups in total. The summed E-state index contributed by atoms with van der Waals surface area (Å²) in [5, 5.41) is 7.41. The molecule has 0 saturated heterocycles. The van der Waals surface area contributed by atoms with Crippen LogP contribution in [0.25, 0.3) is 27.7 Å². The van der Waals surface area contributed by atoms with Crippen LogP contribution in [0.1, 0.15) is 0 Å². The maximum Gasteiger partial charge on any atom is 0.405 e. The van der Waals surface area contributed by atoms with E-state index in [4.69, 9.17) is 0 Å². The molecule has 0 radical (unpaired) electrons. The molecule has 1 aromatic carbocycles. The molecule has 0 atom stereocenters. The molecule has 0 amide bonds. The first-order valence-electron chi connectivity index (χ1n) is 8.17. The third-order valence-corrected chi connectivity index (χ3v) is 4.89. The number of alkyl halides is 3. The molecule has 0 aliphatic carbocycles. The molecule has 0 unspecified atom stereocenters. The second-order valence-electron chi connectivity index (χ2n) is 6.27. The fourth-order valence-corrected chi connectivity index (χ4v) is 3.43. The maximum absolute atomic E-state index is 12.8. The van der Waals surface area contributed by atoms with E-state index in [9.17, 15) is 18.0 Å². The van der Waals surface area contributed by atoms with Gasteiger partial charge in [-0.2, -0.15) is 18.3 Å². The molecule has 10 heteroatoms. The Morgan fingerprint density at radius 2 is 2.00 bits per heavy atom. The molecule has 28 heavy (non-hydrogen) atoms. The highest BCUT2D eigenvalue weighted by molar-refractivity contribution is 9.10. The molecule has 3 heterocycles. The number of rotatable bonds is 3. The van der Waals surface area contributed by atoms with Crippen LogP contribution < -0.4 is 10.7 Å². The van der Waals surface area contributed by atoms with Gasteiger partial charge >= 0.3 is 6.18 Å². The summed E-state index contributed by atoms with van der Waals surface area (Å²) < 4.78 is 40.6. The monoisotopic (exact) mass is 451 g/mol. The van der Waals surface area contributed by atoms with E-state index in [1.807, 2.05) is 25.4 Å². The van der Waals surface area contributed by atoms with E-state index in [2.05, 4.69) is 31.3 Å². The average Bonchev–Trinajstić information content (AvgIpc) is 3.01. The molecule has 0 bridgehead atoms. The minimum Gasteiger partial charge on any atom is -0.361 e. The number of aromatic nitrogens is 4. The van der Waals surface area contributed by atoms with Crippen molar-refractivity contribution in [2.75, 3.05) is 11.9 Å². The van der Waals surface area contributed by atoms with Crippen molar-refractivity contribution in [1.82, 2.24) is 19.2 Å². The number of aryl methyl sites for hydroxylation is 1. The van der Waals surface area contributed by atoms with Gasteiger partial charge in [0.2, 0.25) is 5.43 Å². The van der Waals surface area contributed by atoms with Crippen molar-refractivity contribution in [2.24, 2.45) is 7.05 Å². The predicted octanol–water partition coefficient (Wildman–Crippen LogP) is 3.98. The van der Waals surface area contributed by atoms with Gasteiger partial charge in [-0.1, -0.05) is 6.07 Å². The van der Waals surface area contributed by atoms with Gasteiger partial charge in [-0.3, -0.25) is 9.48 Å². The van der Waals surface area contributed by atoms with Crippen LogP contribution in [0.4, 0.5) is 19.0 Å². The molecule has 3 aromatic heterocycles. The molecule has 4 rings (SSSR count). The third-order valence-electron chi connectivity index (χ3n) is 4.17. The van der Waals surface area contributed by atoms with Crippen molar-refractivity contribution in [3.05, 3.63) is 57.6 Å². The largest absolute Gasteiger partial charge is 0.405 e. The normalized spacial score (nSPS) is 12.0. The molecule has 4 aromatic rings. The van der Waals surface area contributed by atoms with Gasteiger partial charge in [0.15, 0.2) is 5.65 Å². The van der Waals surface area contributed by atoms with Crippen LogP contribution in [0.15, 0.2) is 52.1 Å². The highest BCUT2D eigenvalue weighted by atomic mass is 79.9. The van der Waals surface area contributed by atoms with Gasteiger partial charge in [0, 0.05) is 36.6 Å². The summed E-state index contributed by atoms with van der Waals surface area (Å²) in [6.45, 7) is -1.21. The number of benzene rings is 1. The van der Waals surface area contributed by atoms with Crippen LogP contribution in [-0.4, -0.2) is 31.9 Å². The Bertz CT molecular complexity index is 1260. The number of hydrogen-bond donors (Lipinski definition) is 1. The second kappa shape index (κ2) is 6.62. The van der Waals surface area contributed by atoms with Crippen molar-refractivity contribution in [2.45, 2.75) is 6.18 Å². The summed E-state index contributed by atoms with van der Waals surface area (Å²) in [6, 6.07) is 6.92. The van der Waals surface area contributed by atoms with Gasteiger partial charge in [0.05, 0.1) is 5.52 Å². The van der Waals surface area contributed by atoms with Crippen molar-refractivity contribution in [3.8, 4) is 11.1 Å². The van der Waals surface area contributed by atoms with Crippen LogP contribution in [-0.2, 0) is 7.05 Å². The van der Waals surface area contributed by atoms with E-state index in [0.29, 0.717) is 11.1 Å². The molecule has 0 fully saturated rings. The zero-order chi connectivity index (χ0) is 20.1. The lowest BCUT2D eigenvalue weighted by Crippen LogP contribution is -2.22. The molecule has 0 aliphatic heterocycles. The minimum atomic E-state index is -4.36. The summed E-state index contributed by atoms with van der Waals surface area (Å²) >= 11 is 3.25. The van der Waals surface area contributed by atoms with E-state index in [1.165, 1.54) is 6.07 Å². The number of nitrogens with zero attached hydrogens (tertiary/aromatic N) is 4. The highest BCUT2D eigenvalue weighted by Crippen LogP contribution is 2.25. The Labute approximate surface area is 164 Å². The lowest BCUT2D eigenvalue weighted by atomic mass is 10.1. The zero-order valence-electron chi connectivity index (χ0n) is 14.5. The summed E-state index contributed by atoms with van der Waals surface area (Å²) in [5.74, 6) is 0.0296. The first-order valence-corrected chi connectivity index (χ1v) is 8.96. The molecular weight excluding hydrogens is 439 g/mol. The van der Waals surface area contributed by atoms with Crippen molar-refractivity contribution in [1.29, 1.82) is 0 Å². The van der Waals surface area contributed by atoms with Crippen molar-refractivity contribution < 1.29 is 13.2 Å². The van der Waals surface area contributed by atoms with E-state index >= 15 is 0 Å². The first-order chi connectivity index (χ1) is 13.2. The fraction of sp³-hybridized carbons (Fsp3) is 0.167. The minimum absolute atomic E-state index is 0.0296. The lowest BCUT2D eigenvalue weighted by Gasteiger charge is -2.11. The smallest absolute Gasteiger partial charge is 0.361 e. The number of halogens is 4. The molecule has 6 nitrogen and oxygen atoms in total. The van der Waals surface area contributed by atoms with Gasteiger partial charge in [0.1, 0.15) is 16.8 Å². The van der Waals surface area contributed by atoms with Gasteiger partial charge in [-0.05, 0) is 39.7 Å². The summed E-state index contributed by atoms with van der Waals surface area (Å²) in [4.78, 5) is 16.9. The summed E-state index contributed by atoms with van der Waals surface area (Å²) in [6.07, 6.45) is 0.657. The molecule has 0 saturated carbocycles. The fourth-order valence-electron chi connectivity index (χ4n) is 2.93. The van der Waals surface area contributed by atoms with Gasteiger partial charge < -0.3 is 9.72 Å². The number of anilines is 1. The van der Waals surface area contributed by atoms with Crippen LogP contribution in [0.5, 0.6) is 0 Å². The van der Waals surface area contributed by atoms with E-state index in [0.717, 1.165) is 10.9 Å². The van der Waals surface area contributed by atoms with E-state index in [-0.39, 0.29) is 21.4 Å². The third kappa shape index (κ3) is 3.47. The molecule has 0 spiro atoms. The standard InChI is InChI=1S/C18H13BrF3N5O/c1-26-7-11-6-10(2-3-13(11)25-26)12-8-27-5-4-14(23-9-18(20,21)22)24-17(27)15(19)16(12)28/h2-8H,9H2,1H3,(H,23,24). The predicted molar refractivity (Wildman–Crippen MR) is 103 cm³/mol. The van der Waals surface area contributed by atoms with E-state index in [1.54, 1.807) is 27.5 Å². The summed E-state index contributed by atoms with van der Waals surface area (Å²) in [5.41, 5.74) is 1.88. The van der Waals surface area contributed by atoms with Crippen LogP contribution >= 0.6 is 15.9 Å². The van der Waals surface area contributed by atoms with Crippen molar-refractivity contribution in [3.63, 3.8) is 0 Å². The van der Waals surface area contributed by atoms with Gasteiger partial charge in [-0.15, -0.1) is 0 Å². The Morgan fingerprint density at radius 1 is 1.21 bits per heavy atom. The van der Waals surface area contributed by atoms with Crippen LogP contribution in [0.2, 0.25) is 0 Å². The van der Waals surface area contributed by atoms with Crippen LogP contribution in [0, 0.1) is 0 Å². The second-order valence-corrected chi connectivity index (χ2v) is 7.07. The topological polar surface area (TPSA) is 64.2 Å². The number of nitrogens with one attached hydrogen (secondary N) is 1. The molecular formula is C18H13BrF3N5O. The lowest BCUT2D eigenvalue weighted by molar-refractivity contribution is -0.115. The Morgan fingerprint density at radius 3 is 2.75 bits per heavy atom. The van der Waals surface area contributed by atoms with E-state index < -0.39 is 12.7 Å².